The van der Waals surface area contributed by atoms with E-state index in [0.717, 1.165) is 5.75 Å². The van der Waals surface area contributed by atoms with Gasteiger partial charge in [-0.1, -0.05) is 0 Å². The number of rotatable bonds is 5. The Morgan fingerprint density at radius 2 is 1.93 bits per heavy atom. The lowest BCUT2D eigenvalue weighted by atomic mass is 9.80. The molecule has 0 radical (unpaired) electrons. The van der Waals surface area contributed by atoms with Gasteiger partial charge >= 0.3 is 0 Å². The molecule has 2 aliphatic rings. The van der Waals surface area contributed by atoms with Crippen LogP contribution in [0.4, 0.5) is 0 Å². The number of nitrogens with two attached hydrogens (primary N) is 1. The maximum atomic E-state index is 12.6. The predicted molar refractivity (Wildman–Crippen MR) is 103 cm³/mol. The van der Waals surface area contributed by atoms with Crippen LogP contribution in [0, 0.1) is 11.3 Å². The summed E-state index contributed by atoms with van der Waals surface area (Å²) < 4.78 is 22.4. The highest BCUT2D eigenvalue weighted by Gasteiger charge is 2.39. The zero-order valence-electron chi connectivity index (χ0n) is 15.9. The van der Waals surface area contributed by atoms with Crippen molar-refractivity contribution >= 4 is 5.78 Å². The highest BCUT2D eigenvalue weighted by molar-refractivity contribution is 5.99. The molecule has 29 heavy (non-hydrogen) atoms. The topological polar surface area (TPSA) is 108 Å². The maximum absolute atomic E-state index is 12.6. The van der Waals surface area contributed by atoms with Crippen molar-refractivity contribution in [1.29, 1.82) is 5.26 Å². The third-order valence-corrected chi connectivity index (χ3v) is 5.01. The molecule has 0 saturated heterocycles. The Kier molecular flexibility index (Phi) is 5.00. The molecule has 2 heterocycles. The Balaban J connectivity index is 1.57. The number of ketones is 1. The second-order valence-corrected chi connectivity index (χ2v) is 6.81. The van der Waals surface area contributed by atoms with Gasteiger partial charge in [0.1, 0.15) is 47.0 Å². The number of ether oxygens (including phenoxy) is 3. The molecule has 2 aromatic rings. The number of methoxy groups -OCH3 is 1. The summed E-state index contributed by atoms with van der Waals surface area (Å²) in [6, 6.07) is 12.8. The zero-order chi connectivity index (χ0) is 20.4. The molecule has 1 aromatic carbocycles. The highest BCUT2D eigenvalue weighted by atomic mass is 16.5. The van der Waals surface area contributed by atoms with Crippen molar-refractivity contribution in [2.24, 2.45) is 5.73 Å². The van der Waals surface area contributed by atoms with Gasteiger partial charge < -0.3 is 24.4 Å². The van der Waals surface area contributed by atoms with Gasteiger partial charge in [0.05, 0.1) is 13.0 Å². The Hall–Kier alpha value is -3.66. The van der Waals surface area contributed by atoms with Gasteiger partial charge in [0.2, 0.25) is 5.88 Å². The third kappa shape index (κ3) is 3.57. The number of furan rings is 1. The van der Waals surface area contributed by atoms with Gasteiger partial charge in [-0.15, -0.1) is 0 Å². The van der Waals surface area contributed by atoms with Gasteiger partial charge in [-0.25, -0.2) is 0 Å². The summed E-state index contributed by atoms with van der Waals surface area (Å²) in [7, 11) is 1.60. The summed E-state index contributed by atoms with van der Waals surface area (Å²) in [5.41, 5.74) is 6.61. The van der Waals surface area contributed by atoms with E-state index >= 15 is 0 Å². The molecule has 0 fully saturated rings. The fourth-order valence-electron chi connectivity index (χ4n) is 3.59. The van der Waals surface area contributed by atoms with E-state index in [1.54, 1.807) is 43.5 Å². The van der Waals surface area contributed by atoms with Crippen molar-refractivity contribution in [2.75, 3.05) is 7.11 Å². The molecule has 7 heteroatoms. The summed E-state index contributed by atoms with van der Waals surface area (Å²) in [6.45, 7) is 0.205. The summed E-state index contributed by atoms with van der Waals surface area (Å²) in [6.07, 6.45) is 1.75. The zero-order valence-corrected chi connectivity index (χ0v) is 15.9. The summed E-state index contributed by atoms with van der Waals surface area (Å²) in [4.78, 5) is 12.6. The molecule has 1 aliphatic heterocycles. The van der Waals surface area contributed by atoms with Crippen LogP contribution in [0.5, 0.6) is 11.5 Å². The van der Waals surface area contributed by atoms with E-state index in [1.807, 2.05) is 0 Å². The standard InChI is InChI=1S/C22H20N2O5/c1-26-13-5-7-14(8-6-13)27-12-15-9-10-19(28-15)20-16(11-23)22(24)29-18-4-2-3-17(25)21(18)20/h5-10,20H,2-4,12,24H2,1H3. The molecule has 1 aliphatic carbocycles. The van der Waals surface area contributed by atoms with Gasteiger partial charge in [-0.05, 0) is 42.8 Å². The Bertz CT molecular complexity index is 1040. The molecule has 1 unspecified atom stereocenters. The molecule has 1 aromatic heterocycles. The number of carbonyl (C=O) groups excluding carboxylic acids is 1. The monoisotopic (exact) mass is 392 g/mol. The molecule has 4 rings (SSSR count). The molecule has 0 amide bonds. The normalized spacial score (nSPS) is 18.8. The van der Waals surface area contributed by atoms with Crippen LogP contribution in [0.2, 0.25) is 0 Å². The number of Topliss-reactive ketones (excluding diaryl/α,β-unsaturated/α-hetero) is 1. The van der Waals surface area contributed by atoms with Crippen molar-refractivity contribution in [3.8, 4) is 17.6 Å². The first kappa shape index (κ1) is 18.7. The SMILES string of the molecule is COc1ccc(OCc2ccc(C3C(C#N)=C(N)OC4=C3C(=O)CCC4)o2)cc1. The molecule has 0 bridgehead atoms. The minimum atomic E-state index is -0.647. The Labute approximate surface area is 168 Å². The Morgan fingerprint density at radius 1 is 1.17 bits per heavy atom. The van der Waals surface area contributed by atoms with E-state index < -0.39 is 5.92 Å². The predicted octanol–water partition coefficient (Wildman–Crippen LogP) is 3.68. The smallest absolute Gasteiger partial charge is 0.205 e. The van der Waals surface area contributed by atoms with Crippen molar-refractivity contribution in [3.63, 3.8) is 0 Å². The number of carbonyl (C=O) groups is 1. The first-order valence-electron chi connectivity index (χ1n) is 9.30. The average molecular weight is 392 g/mol. The minimum absolute atomic E-state index is 0.0263. The lowest BCUT2D eigenvalue weighted by Gasteiger charge is -2.29. The van der Waals surface area contributed by atoms with Crippen molar-refractivity contribution in [2.45, 2.75) is 31.8 Å². The number of nitriles is 1. The van der Waals surface area contributed by atoms with Gasteiger partial charge in [0.25, 0.3) is 0 Å². The van der Waals surface area contributed by atoms with Crippen LogP contribution < -0.4 is 15.2 Å². The molecular formula is C22H20N2O5. The first-order valence-corrected chi connectivity index (χ1v) is 9.30. The average Bonchev–Trinajstić information content (AvgIpc) is 3.20. The summed E-state index contributed by atoms with van der Waals surface area (Å²) in [5, 5.41) is 9.59. The molecular weight excluding hydrogens is 372 g/mol. The molecule has 2 N–H and O–H groups in total. The highest BCUT2D eigenvalue weighted by Crippen LogP contribution is 2.43. The maximum Gasteiger partial charge on any atom is 0.205 e. The van der Waals surface area contributed by atoms with E-state index in [9.17, 15) is 10.1 Å². The van der Waals surface area contributed by atoms with Gasteiger partial charge in [-0.2, -0.15) is 5.26 Å². The molecule has 7 nitrogen and oxygen atoms in total. The minimum Gasteiger partial charge on any atom is -0.497 e. The second-order valence-electron chi connectivity index (χ2n) is 6.81. The number of hydrogen-bond acceptors (Lipinski definition) is 7. The van der Waals surface area contributed by atoms with E-state index in [2.05, 4.69) is 6.07 Å². The van der Waals surface area contributed by atoms with Gasteiger partial charge in [0.15, 0.2) is 5.78 Å². The van der Waals surface area contributed by atoms with Crippen LogP contribution in [0.1, 0.15) is 36.7 Å². The van der Waals surface area contributed by atoms with Crippen molar-refractivity contribution < 1.29 is 23.4 Å². The van der Waals surface area contributed by atoms with Crippen molar-refractivity contribution in [3.05, 3.63) is 70.7 Å². The van der Waals surface area contributed by atoms with E-state index in [4.69, 9.17) is 24.4 Å². The van der Waals surface area contributed by atoms with Crippen LogP contribution in [0.25, 0.3) is 0 Å². The lowest BCUT2D eigenvalue weighted by Crippen LogP contribution is -2.27. The van der Waals surface area contributed by atoms with Crippen LogP contribution in [0.3, 0.4) is 0 Å². The van der Waals surface area contributed by atoms with Crippen LogP contribution in [0.15, 0.2) is 63.6 Å². The second kappa shape index (κ2) is 7.76. The quantitative estimate of drug-likeness (QED) is 0.827. The van der Waals surface area contributed by atoms with Crippen LogP contribution in [-0.4, -0.2) is 12.9 Å². The number of nitrogens with zero attached hydrogens (tertiary/aromatic N) is 1. The summed E-state index contributed by atoms with van der Waals surface area (Å²) in [5.74, 6) is 2.34. The summed E-state index contributed by atoms with van der Waals surface area (Å²) >= 11 is 0. The first-order chi connectivity index (χ1) is 14.1. The lowest BCUT2D eigenvalue weighted by molar-refractivity contribution is -0.116. The van der Waals surface area contributed by atoms with E-state index in [1.165, 1.54) is 0 Å². The van der Waals surface area contributed by atoms with E-state index in [-0.39, 0.29) is 23.8 Å². The Morgan fingerprint density at radius 3 is 2.66 bits per heavy atom. The number of benzene rings is 1. The molecule has 0 saturated carbocycles. The molecule has 1 atom stereocenters. The van der Waals surface area contributed by atoms with Crippen LogP contribution in [-0.2, 0) is 16.1 Å². The van der Waals surface area contributed by atoms with Gasteiger partial charge in [-0.3, -0.25) is 4.79 Å². The molecule has 148 valence electrons. The largest absolute Gasteiger partial charge is 0.497 e. The van der Waals surface area contributed by atoms with Crippen LogP contribution >= 0.6 is 0 Å². The fraction of sp³-hybridized carbons (Fsp3) is 0.273. The van der Waals surface area contributed by atoms with Gasteiger partial charge in [0, 0.05) is 18.4 Å². The van der Waals surface area contributed by atoms with Crippen molar-refractivity contribution in [1.82, 2.24) is 0 Å². The number of hydrogen-bond donors (Lipinski definition) is 1. The van der Waals surface area contributed by atoms with E-state index in [0.29, 0.717) is 47.9 Å². The fourth-order valence-corrected chi connectivity index (χ4v) is 3.59. The number of allylic oxidation sites excluding steroid dienone is 3. The third-order valence-electron chi connectivity index (χ3n) is 5.01. The molecule has 0 spiro atoms.